The Balaban J connectivity index is 1.51. The summed E-state index contributed by atoms with van der Waals surface area (Å²) >= 11 is 0. The molecule has 0 spiro atoms. The lowest BCUT2D eigenvalue weighted by Crippen LogP contribution is -2.04. The predicted molar refractivity (Wildman–Crippen MR) is 71.4 cm³/mol. The molecule has 16 heavy (non-hydrogen) atoms. The SMILES string of the molecule is C1=CCC(CCCCC2CC=CCC2)CC1. The highest BCUT2D eigenvalue weighted by molar-refractivity contribution is 4.91. The molecule has 0 aromatic heterocycles. The van der Waals surface area contributed by atoms with E-state index in [1.807, 2.05) is 0 Å². The fourth-order valence-corrected chi connectivity index (χ4v) is 3.10. The largest absolute Gasteiger partial charge is 0.0885 e. The molecule has 0 fully saturated rings. The van der Waals surface area contributed by atoms with Crippen LogP contribution in [0.25, 0.3) is 0 Å². The molecule has 0 nitrogen and oxygen atoms in total. The third-order valence-corrected chi connectivity index (χ3v) is 4.23. The van der Waals surface area contributed by atoms with Crippen LogP contribution >= 0.6 is 0 Å². The minimum absolute atomic E-state index is 1.01. The summed E-state index contributed by atoms with van der Waals surface area (Å²) in [6.07, 6.45) is 23.6. The Morgan fingerprint density at radius 3 is 1.56 bits per heavy atom. The molecule has 0 aromatic carbocycles. The van der Waals surface area contributed by atoms with Gasteiger partial charge in [0.1, 0.15) is 0 Å². The minimum atomic E-state index is 1.01. The van der Waals surface area contributed by atoms with E-state index in [4.69, 9.17) is 0 Å². The zero-order valence-corrected chi connectivity index (χ0v) is 10.5. The van der Waals surface area contributed by atoms with E-state index < -0.39 is 0 Å². The lowest BCUT2D eigenvalue weighted by molar-refractivity contribution is 0.384. The molecule has 90 valence electrons. The number of rotatable bonds is 5. The molecule has 2 unspecified atom stereocenters. The van der Waals surface area contributed by atoms with Crippen molar-refractivity contribution >= 4 is 0 Å². The summed E-state index contributed by atoms with van der Waals surface area (Å²) < 4.78 is 0. The van der Waals surface area contributed by atoms with E-state index in [-0.39, 0.29) is 0 Å². The van der Waals surface area contributed by atoms with Gasteiger partial charge in [0.2, 0.25) is 0 Å². The number of hydrogen-bond acceptors (Lipinski definition) is 0. The lowest BCUT2D eigenvalue weighted by Gasteiger charge is -2.19. The van der Waals surface area contributed by atoms with Crippen molar-refractivity contribution in [1.82, 2.24) is 0 Å². The molecular weight excluding hydrogens is 192 g/mol. The minimum Gasteiger partial charge on any atom is -0.0885 e. The highest BCUT2D eigenvalue weighted by atomic mass is 14.2. The molecule has 0 aliphatic heterocycles. The molecular formula is C16H26. The van der Waals surface area contributed by atoms with E-state index in [0.29, 0.717) is 0 Å². The molecule has 0 bridgehead atoms. The predicted octanol–water partition coefficient (Wildman–Crippen LogP) is 5.26. The molecule has 2 aliphatic rings. The zero-order chi connectivity index (χ0) is 11.1. The van der Waals surface area contributed by atoms with Crippen LogP contribution in [0, 0.1) is 11.8 Å². The Morgan fingerprint density at radius 2 is 1.19 bits per heavy atom. The van der Waals surface area contributed by atoms with E-state index in [9.17, 15) is 0 Å². The van der Waals surface area contributed by atoms with Crippen LogP contribution in [0.15, 0.2) is 24.3 Å². The van der Waals surface area contributed by atoms with Gasteiger partial charge in [-0.3, -0.25) is 0 Å². The van der Waals surface area contributed by atoms with Crippen LogP contribution in [0.5, 0.6) is 0 Å². The average molecular weight is 218 g/mol. The fourth-order valence-electron chi connectivity index (χ4n) is 3.10. The first kappa shape index (κ1) is 12.0. The molecule has 0 amide bonds. The second kappa shape index (κ2) is 6.93. The van der Waals surface area contributed by atoms with Crippen LogP contribution < -0.4 is 0 Å². The van der Waals surface area contributed by atoms with Crippen LogP contribution in [0.3, 0.4) is 0 Å². The quantitative estimate of drug-likeness (QED) is 0.436. The van der Waals surface area contributed by atoms with Crippen molar-refractivity contribution in [2.45, 2.75) is 64.2 Å². The van der Waals surface area contributed by atoms with Crippen LogP contribution in [0.1, 0.15) is 64.2 Å². The summed E-state index contributed by atoms with van der Waals surface area (Å²) in [4.78, 5) is 0. The van der Waals surface area contributed by atoms with Crippen molar-refractivity contribution < 1.29 is 0 Å². The standard InChI is InChI=1S/C16H26/c1-3-9-15(10-4-1)13-7-8-14-16-11-5-2-6-12-16/h1-3,5,15-16H,4,6-14H2. The first-order valence-electron chi connectivity index (χ1n) is 7.25. The zero-order valence-electron chi connectivity index (χ0n) is 10.5. The smallest absolute Gasteiger partial charge is 0.0322 e. The van der Waals surface area contributed by atoms with Gasteiger partial charge in [-0.15, -0.1) is 0 Å². The molecule has 0 heteroatoms. The van der Waals surface area contributed by atoms with Crippen molar-refractivity contribution in [3.63, 3.8) is 0 Å². The molecule has 0 saturated carbocycles. The van der Waals surface area contributed by atoms with E-state index in [1.54, 1.807) is 0 Å². The Kier molecular flexibility index (Phi) is 5.18. The molecule has 2 rings (SSSR count). The van der Waals surface area contributed by atoms with E-state index in [0.717, 1.165) is 11.8 Å². The summed E-state index contributed by atoms with van der Waals surface area (Å²) in [7, 11) is 0. The summed E-state index contributed by atoms with van der Waals surface area (Å²) in [6.45, 7) is 0. The second-order valence-corrected chi connectivity index (χ2v) is 5.59. The van der Waals surface area contributed by atoms with E-state index >= 15 is 0 Å². The van der Waals surface area contributed by atoms with Crippen LogP contribution in [0.2, 0.25) is 0 Å². The maximum Gasteiger partial charge on any atom is -0.0322 e. The molecule has 2 atom stereocenters. The third kappa shape index (κ3) is 4.15. The maximum atomic E-state index is 2.39. The molecule has 0 heterocycles. The van der Waals surface area contributed by atoms with Gasteiger partial charge in [-0.25, -0.2) is 0 Å². The van der Waals surface area contributed by atoms with Crippen LogP contribution in [0.4, 0.5) is 0 Å². The Bertz CT molecular complexity index is 210. The topological polar surface area (TPSA) is 0 Å². The van der Waals surface area contributed by atoms with Crippen LogP contribution in [-0.2, 0) is 0 Å². The highest BCUT2D eigenvalue weighted by Gasteiger charge is 2.11. The normalized spacial score (nSPS) is 29.5. The maximum absolute atomic E-state index is 2.39. The summed E-state index contributed by atoms with van der Waals surface area (Å²) in [5, 5.41) is 0. The number of hydrogen-bond donors (Lipinski definition) is 0. The Labute approximate surface area is 101 Å². The Morgan fingerprint density at radius 1 is 0.688 bits per heavy atom. The average Bonchev–Trinajstić information content (AvgIpc) is 2.37. The van der Waals surface area contributed by atoms with Gasteiger partial charge >= 0.3 is 0 Å². The fraction of sp³-hybridized carbons (Fsp3) is 0.750. The van der Waals surface area contributed by atoms with Gasteiger partial charge in [-0.1, -0.05) is 50.0 Å². The van der Waals surface area contributed by atoms with Crippen molar-refractivity contribution in [3.8, 4) is 0 Å². The number of unbranched alkanes of at least 4 members (excludes halogenated alkanes) is 1. The van der Waals surface area contributed by atoms with E-state index in [1.165, 1.54) is 64.2 Å². The second-order valence-electron chi connectivity index (χ2n) is 5.59. The summed E-state index contributed by atoms with van der Waals surface area (Å²) in [6, 6.07) is 0. The highest BCUT2D eigenvalue weighted by Crippen LogP contribution is 2.27. The monoisotopic (exact) mass is 218 g/mol. The first-order chi connectivity index (χ1) is 7.95. The third-order valence-electron chi connectivity index (χ3n) is 4.23. The molecule has 0 saturated heterocycles. The van der Waals surface area contributed by atoms with Gasteiger partial charge in [0, 0.05) is 0 Å². The lowest BCUT2D eigenvalue weighted by atomic mass is 9.86. The molecule has 0 N–H and O–H groups in total. The summed E-state index contributed by atoms with van der Waals surface area (Å²) in [5.41, 5.74) is 0. The van der Waals surface area contributed by atoms with Gasteiger partial charge in [0.25, 0.3) is 0 Å². The Hall–Kier alpha value is -0.520. The first-order valence-corrected chi connectivity index (χ1v) is 7.25. The van der Waals surface area contributed by atoms with Crippen LogP contribution in [-0.4, -0.2) is 0 Å². The molecule has 0 aromatic rings. The van der Waals surface area contributed by atoms with Crippen molar-refractivity contribution in [2.75, 3.05) is 0 Å². The summed E-state index contributed by atoms with van der Waals surface area (Å²) in [5.74, 6) is 2.02. The number of allylic oxidation sites excluding steroid dienone is 4. The van der Waals surface area contributed by atoms with Gasteiger partial charge in [-0.05, 0) is 50.4 Å². The molecule has 0 radical (unpaired) electrons. The van der Waals surface area contributed by atoms with Crippen molar-refractivity contribution in [1.29, 1.82) is 0 Å². The van der Waals surface area contributed by atoms with Gasteiger partial charge in [0.05, 0.1) is 0 Å². The van der Waals surface area contributed by atoms with E-state index in [2.05, 4.69) is 24.3 Å². The van der Waals surface area contributed by atoms with Crippen molar-refractivity contribution in [3.05, 3.63) is 24.3 Å². The molecule has 2 aliphatic carbocycles. The van der Waals surface area contributed by atoms with Gasteiger partial charge in [0.15, 0.2) is 0 Å². The van der Waals surface area contributed by atoms with Gasteiger partial charge < -0.3 is 0 Å². The van der Waals surface area contributed by atoms with Gasteiger partial charge in [-0.2, -0.15) is 0 Å². The van der Waals surface area contributed by atoms with Crippen molar-refractivity contribution in [2.24, 2.45) is 11.8 Å².